The average Bonchev–Trinajstić information content (AvgIpc) is 3.33. The average molecular weight is 417 g/mol. The van der Waals surface area contributed by atoms with Crippen LogP contribution in [0.4, 0.5) is 13.2 Å². The Morgan fingerprint density at radius 1 is 1.30 bits per heavy atom. The zero-order valence-electron chi connectivity index (χ0n) is 16.3. The molecule has 0 amide bonds. The normalized spacial score (nSPS) is 26.4. The highest BCUT2D eigenvalue weighted by Gasteiger charge is 2.49. The lowest BCUT2D eigenvalue weighted by Crippen LogP contribution is -2.29. The molecule has 2 atom stereocenters. The lowest BCUT2D eigenvalue weighted by atomic mass is 9.84. The van der Waals surface area contributed by atoms with Gasteiger partial charge in [0, 0.05) is 17.3 Å². The van der Waals surface area contributed by atoms with E-state index < -0.39 is 17.5 Å². The molecule has 3 heterocycles. The summed E-state index contributed by atoms with van der Waals surface area (Å²) in [5, 5.41) is 15.3. The summed E-state index contributed by atoms with van der Waals surface area (Å²) in [5.41, 5.74) is 0.197. The van der Waals surface area contributed by atoms with E-state index in [0.717, 1.165) is 38.4 Å². The fraction of sp³-hybridized carbons (Fsp3) is 0.429. The molecule has 6 nitrogen and oxygen atoms in total. The van der Waals surface area contributed by atoms with Crippen molar-refractivity contribution in [2.24, 2.45) is 10.5 Å². The van der Waals surface area contributed by atoms with E-state index in [9.17, 15) is 18.3 Å². The zero-order chi connectivity index (χ0) is 21.1. The minimum Gasteiger partial charge on any atom is -0.507 e. The highest BCUT2D eigenvalue weighted by molar-refractivity contribution is 5.71. The van der Waals surface area contributed by atoms with Gasteiger partial charge in [-0.05, 0) is 50.3 Å². The molecule has 2 aromatic rings. The monoisotopic (exact) mass is 417 g/mol. The molecule has 1 aliphatic carbocycles. The predicted molar refractivity (Wildman–Crippen MR) is 101 cm³/mol. The lowest BCUT2D eigenvalue weighted by Gasteiger charge is -2.18. The van der Waals surface area contributed by atoms with Gasteiger partial charge in [-0.25, -0.2) is 9.97 Å². The molecular formula is C21H20F3N4O2+. The van der Waals surface area contributed by atoms with Gasteiger partial charge in [0.15, 0.2) is 11.6 Å². The molecule has 0 bridgehead atoms. The molecule has 1 aromatic carbocycles. The summed E-state index contributed by atoms with van der Waals surface area (Å²) in [6, 6.07) is 1.70. The molecule has 1 aromatic heterocycles. The van der Waals surface area contributed by atoms with Crippen LogP contribution in [0, 0.1) is 12.3 Å². The Morgan fingerprint density at radius 3 is 2.90 bits per heavy atom. The van der Waals surface area contributed by atoms with Crippen LogP contribution in [0.2, 0.25) is 0 Å². The van der Waals surface area contributed by atoms with Gasteiger partial charge in [-0.15, -0.1) is 0 Å². The Kier molecular flexibility index (Phi) is 4.22. The molecule has 5 rings (SSSR count). The van der Waals surface area contributed by atoms with Crippen LogP contribution in [-0.4, -0.2) is 38.7 Å². The maximum atomic E-state index is 13.0. The summed E-state index contributed by atoms with van der Waals surface area (Å²) in [5.74, 6) is -0.488. The summed E-state index contributed by atoms with van der Waals surface area (Å²) < 4.78 is 46.5. The first kappa shape index (κ1) is 19.2. The van der Waals surface area contributed by atoms with Crippen molar-refractivity contribution in [3.63, 3.8) is 0 Å². The third kappa shape index (κ3) is 3.08. The summed E-state index contributed by atoms with van der Waals surface area (Å²) >= 11 is 0. The first-order chi connectivity index (χ1) is 14.2. The molecule has 1 saturated carbocycles. The van der Waals surface area contributed by atoms with Gasteiger partial charge in [-0.3, -0.25) is 0 Å². The SMILES string of the molecule is Cc1cc(C(F)(F)F)cc(O)c1-c1cnc2c(n1)=N/[N+](=C\C13CCC[C@H]1OCC3)C=2. The number of hydrogen-bond donors (Lipinski definition) is 1. The van der Waals surface area contributed by atoms with Crippen LogP contribution in [0.3, 0.4) is 0 Å². The lowest BCUT2D eigenvalue weighted by molar-refractivity contribution is -0.426. The van der Waals surface area contributed by atoms with Crippen LogP contribution in [0.1, 0.15) is 36.8 Å². The highest BCUT2D eigenvalue weighted by atomic mass is 19.4. The topological polar surface area (TPSA) is 70.6 Å². The van der Waals surface area contributed by atoms with Crippen LogP contribution in [0.25, 0.3) is 17.5 Å². The van der Waals surface area contributed by atoms with E-state index in [1.165, 1.54) is 13.1 Å². The van der Waals surface area contributed by atoms with E-state index in [4.69, 9.17) is 4.74 Å². The molecule has 1 unspecified atom stereocenters. The summed E-state index contributed by atoms with van der Waals surface area (Å²) in [6.07, 6.45) is 5.17. The third-order valence-corrected chi connectivity index (χ3v) is 6.17. The van der Waals surface area contributed by atoms with Crippen molar-refractivity contribution in [3.05, 3.63) is 40.3 Å². The first-order valence-electron chi connectivity index (χ1n) is 9.86. The standard InChI is InChI=1S/C21H19F3N4O2/c1-12-7-13(21(22,23)24)8-16(29)18(12)14-9-25-15-10-28(27-19(15)26-14)11-20-4-2-3-17(20)30-6-5-20/h7-11,17H,2-6H2,1H3/p+1/b28-11-/t17-,20?/m1/s1. The van der Waals surface area contributed by atoms with Gasteiger partial charge in [0.2, 0.25) is 6.20 Å². The number of ether oxygens (including phenoxy) is 1. The number of alkyl halides is 3. The van der Waals surface area contributed by atoms with Crippen molar-refractivity contribution < 1.29 is 27.7 Å². The maximum absolute atomic E-state index is 13.0. The Bertz CT molecular complexity index is 1160. The number of aromatic hydroxyl groups is 1. The molecule has 1 saturated heterocycles. The van der Waals surface area contributed by atoms with Gasteiger partial charge in [-0.1, -0.05) is 4.68 Å². The van der Waals surface area contributed by atoms with E-state index in [1.54, 1.807) is 10.9 Å². The number of aryl methyl sites for hydroxylation is 1. The number of hydrogen-bond acceptors (Lipinski definition) is 5. The molecule has 3 aliphatic rings. The van der Waals surface area contributed by atoms with Crippen LogP contribution in [0.5, 0.6) is 5.75 Å². The second-order valence-corrected chi connectivity index (χ2v) is 8.12. The minimum absolute atomic E-state index is 0.0207. The fourth-order valence-corrected chi connectivity index (χ4v) is 4.74. The van der Waals surface area contributed by atoms with Gasteiger partial charge < -0.3 is 9.84 Å². The molecule has 0 radical (unpaired) electrons. The molecule has 2 aliphatic heterocycles. The number of phenolic OH excluding ortho intramolecular Hbond substituents is 1. The molecule has 0 spiro atoms. The molecule has 2 fully saturated rings. The largest absolute Gasteiger partial charge is 0.507 e. The molecular weight excluding hydrogens is 397 g/mol. The zero-order valence-corrected chi connectivity index (χ0v) is 16.3. The minimum atomic E-state index is -4.54. The molecule has 30 heavy (non-hydrogen) atoms. The number of phenols is 1. The smallest absolute Gasteiger partial charge is 0.416 e. The van der Waals surface area contributed by atoms with E-state index >= 15 is 0 Å². The van der Waals surface area contributed by atoms with Crippen molar-refractivity contribution in [1.82, 2.24) is 9.97 Å². The Morgan fingerprint density at radius 2 is 2.13 bits per heavy atom. The van der Waals surface area contributed by atoms with Crippen LogP contribution in [0.15, 0.2) is 23.4 Å². The number of nitrogens with zero attached hydrogens (tertiary/aromatic N) is 4. The van der Waals surface area contributed by atoms with Crippen molar-refractivity contribution in [3.8, 4) is 17.0 Å². The van der Waals surface area contributed by atoms with E-state index in [1.807, 2.05) is 0 Å². The third-order valence-electron chi connectivity index (χ3n) is 6.17. The first-order valence-corrected chi connectivity index (χ1v) is 9.86. The van der Waals surface area contributed by atoms with Crippen molar-refractivity contribution >= 4 is 12.4 Å². The van der Waals surface area contributed by atoms with Gasteiger partial charge in [0.05, 0.1) is 29.0 Å². The van der Waals surface area contributed by atoms with E-state index in [0.29, 0.717) is 16.9 Å². The van der Waals surface area contributed by atoms with Gasteiger partial charge in [-0.2, -0.15) is 13.2 Å². The van der Waals surface area contributed by atoms with Gasteiger partial charge >= 0.3 is 6.18 Å². The fourth-order valence-electron chi connectivity index (χ4n) is 4.74. The van der Waals surface area contributed by atoms with E-state index in [-0.39, 0.29) is 28.3 Å². The Labute approximate surface area is 170 Å². The van der Waals surface area contributed by atoms with Crippen molar-refractivity contribution in [1.29, 1.82) is 0 Å². The quantitative estimate of drug-likeness (QED) is 0.763. The summed E-state index contributed by atoms with van der Waals surface area (Å²) in [6.45, 7) is 2.25. The molecule has 1 N–H and O–H groups in total. The second-order valence-electron chi connectivity index (χ2n) is 8.12. The predicted octanol–water partition coefficient (Wildman–Crippen LogP) is 2.51. The second kappa shape index (κ2) is 6.60. The number of rotatable bonds is 2. The highest BCUT2D eigenvalue weighted by Crippen LogP contribution is 2.46. The van der Waals surface area contributed by atoms with Gasteiger partial charge in [0.25, 0.3) is 5.49 Å². The van der Waals surface area contributed by atoms with Crippen LogP contribution >= 0.6 is 0 Å². The van der Waals surface area contributed by atoms with Crippen molar-refractivity contribution in [2.45, 2.75) is 44.9 Å². The van der Waals surface area contributed by atoms with Gasteiger partial charge in [0.1, 0.15) is 5.75 Å². The Balaban J connectivity index is 1.54. The van der Waals surface area contributed by atoms with Crippen LogP contribution in [-0.2, 0) is 10.9 Å². The maximum Gasteiger partial charge on any atom is 0.416 e. The number of aromatic nitrogens is 2. The van der Waals surface area contributed by atoms with Crippen LogP contribution < -0.4 is 10.8 Å². The molecule has 156 valence electrons. The summed E-state index contributed by atoms with van der Waals surface area (Å²) in [4.78, 5) is 8.81. The van der Waals surface area contributed by atoms with Crippen molar-refractivity contribution in [2.75, 3.05) is 6.61 Å². The van der Waals surface area contributed by atoms with E-state index in [2.05, 4.69) is 21.3 Å². The summed E-state index contributed by atoms with van der Waals surface area (Å²) in [7, 11) is 0. The molecule has 9 heteroatoms. The number of benzene rings is 1. The number of fused-ring (bicyclic) bond motifs is 2. The number of halogens is 3. The Hall–Kier alpha value is -2.81.